The highest BCUT2D eigenvalue weighted by Crippen LogP contribution is 2.20. The van der Waals surface area contributed by atoms with Crippen molar-refractivity contribution in [2.75, 3.05) is 5.32 Å². The van der Waals surface area contributed by atoms with Gasteiger partial charge in [0.2, 0.25) is 0 Å². The van der Waals surface area contributed by atoms with Gasteiger partial charge >= 0.3 is 0 Å². The first-order valence-corrected chi connectivity index (χ1v) is 6.49. The van der Waals surface area contributed by atoms with Crippen LogP contribution in [0.5, 0.6) is 0 Å². The number of hydrogen-bond donors (Lipinski definition) is 1. The van der Waals surface area contributed by atoms with Crippen LogP contribution in [-0.2, 0) is 6.54 Å². The molecule has 0 radical (unpaired) electrons. The molecule has 2 aromatic heterocycles. The van der Waals surface area contributed by atoms with Gasteiger partial charge in [0.1, 0.15) is 12.7 Å². The van der Waals surface area contributed by atoms with Crippen molar-refractivity contribution in [2.24, 2.45) is 0 Å². The summed E-state index contributed by atoms with van der Waals surface area (Å²) in [5.74, 6) is 0.706. The second-order valence-electron chi connectivity index (χ2n) is 4.16. The van der Waals surface area contributed by atoms with E-state index >= 15 is 0 Å². The summed E-state index contributed by atoms with van der Waals surface area (Å²) < 4.78 is 1.62. The van der Waals surface area contributed by atoms with Crippen molar-refractivity contribution in [3.8, 4) is 5.82 Å². The van der Waals surface area contributed by atoms with Crippen LogP contribution in [0.2, 0.25) is 5.02 Å². The fourth-order valence-corrected chi connectivity index (χ4v) is 2.07. The Morgan fingerprint density at radius 2 is 2.05 bits per heavy atom. The van der Waals surface area contributed by atoms with Gasteiger partial charge in [-0.15, -0.1) is 0 Å². The van der Waals surface area contributed by atoms with Crippen molar-refractivity contribution in [3.05, 3.63) is 65.8 Å². The summed E-state index contributed by atoms with van der Waals surface area (Å²) in [4.78, 5) is 8.26. The number of halogens is 1. The van der Waals surface area contributed by atoms with Gasteiger partial charge in [-0.25, -0.2) is 14.6 Å². The van der Waals surface area contributed by atoms with E-state index in [9.17, 15) is 0 Å². The van der Waals surface area contributed by atoms with E-state index < -0.39 is 0 Å². The van der Waals surface area contributed by atoms with Crippen LogP contribution in [0.1, 0.15) is 5.56 Å². The van der Waals surface area contributed by atoms with Gasteiger partial charge in [0.05, 0.1) is 5.69 Å². The van der Waals surface area contributed by atoms with Crippen molar-refractivity contribution >= 4 is 17.3 Å². The van der Waals surface area contributed by atoms with Gasteiger partial charge in [0, 0.05) is 17.8 Å². The fourth-order valence-electron chi connectivity index (χ4n) is 1.87. The number of benzene rings is 1. The average Bonchev–Trinajstić information content (AvgIpc) is 3.01. The van der Waals surface area contributed by atoms with Crippen LogP contribution in [-0.4, -0.2) is 19.7 Å². The first-order valence-electron chi connectivity index (χ1n) is 6.12. The van der Waals surface area contributed by atoms with Crippen LogP contribution in [0.3, 0.4) is 0 Å². The van der Waals surface area contributed by atoms with Crippen LogP contribution in [0, 0.1) is 0 Å². The minimum atomic E-state index is 0.618. The maximum atomic E-state index is 6.15. The van der Waals surface area contributed by atoms with Gasteiger partial charge in [0.15, 0.2) is 5.82 Å². The Balaban J connectivity index is 1.84. The summed E-state index contributed by atoms with van der Waals surface area (Å²) in [7, 11) is 0. The van der Waals surface area contributed by atoms with Gasteiger partial charge in [-0.05, 0) is 23.8 Å². The monoisotopic (exact) mass is 285 g/mol. The molecule has 100 valence electrons. The zero-order valence-corrected chi connectivity index (χ0v) is 11.3. The molecular weight excluding hydrogens is 274 g/mol. The minimum Gasteiger partial charge on any atom is -0.378 e. The lowest BCUT2D eigenvalue weighted by Gasteiger charge is -2.11. The number of aromatic nitrogens is 4. The van der Waals surface area contributed by atoms with Gasteiger partial charge in [-0.3, -0.25) is 0 Å². The zero-order valence-electron chi connectivity index (χ0n) is 10.6. The molecule has 0 aliphatic heterocycles. The first-order chi connectivity index (χ1) is 9.84. The SMILES string of the molecule is Clc1ccccc1CNc1cccnc1-n1cncn1. The van der Waals surface area contributed by atoms with Crippen molar-refractivity contribution in [3.63, 3.8) is 0 Å². The van der Waals surface area contributed by atoms with E-state index in [-0.39, 0.29) is 0 Å². The molecule has 0 spiro atoms. The second-order valence-corrected chi connectivity index (χ2v) is 4.57. The molecule has 0 bridgehead atoms. The minimum absolute atomic E-state index is 0.618. The number of rotatable bonds is 4. The molecule has 5 nitrogen and oxygen atoms in total. The molecule has 0 fully saturated rings. The van der Waals surface area contributed by atoms with E-state index in [0.717, 1.165) is 16.3 Å². The average molecular weight is 286 g/mol. The van der Waals surface area contributed by atoms with Crippen LogP contribution >= 0.6 is 11.6 Å². The van der Waals surface area contributed by atoms with Gasteiger partial charge in [-0.2, -0.15) is 5.10 Å². The lowest BCUT2D eigenvalue weighted by molar-refractivity contribution is 0.844. The van der Waals surface area contributed by atoms with Crippen molar-refractivity contribution in [1.29, 1.82) is 0 Å². The molecular formula is C14H12ClN5. The topological polar surface area (TPSA) is 55.6 Å². The summed E-state index contributed by atoms with van der Waals surface area (Å²) in [6.45, 7) is 0.618. The predicted molar refractivity (Wildman–Crippen MR) is 77.9 cm³/mol. The molecule has 0 aliphatic rings. The summed E-state index contributed by atoms with van der Waals surface area (Å²) in [5.41, 5.74) is 1.90. The van der Waals surface area contributed by atoms with Gasteiger partial charge < -0.3 is 5.32 Å². The number of hydrogen-bond acceptors (Lipinski definition) is 4. The van der Waals surface area contributed by atoms with Crippen molar-refractivity contribution in [1.82, 2.24) is 19.7 Å². The van der Waals surface area contributed by atoms with E-state index in [1.807, 2.05) is 36.4 Å². The molecule has 0 unspecified atom stereocenters. The van der Waals surface area contributed by atoms with Crippen LogP contribution in [0.4, 0.5) is 5.69 Å². The normalized spacial score (nSPS) is 10.4. The largest absolute Gasteiger partial charge is 0.378 e. The Labute approximate surface area is 121 Å². The number of nitrogens with zero attached hydrogens (tertiary/aromatic N) is 4. The Morgan fingerprint density at radius 3 is 2.85 bits per heavy atom. The third kappa shape index (κ3) is 2.62. The van der Waals surface area contributed by atoms with E-state index in [0.29, 0.717) is 12.4 Å². The molecule has 1 aromatic carbocycles. The van der Waals surface area contributed by atoms with E-state index in [2.05, 4.69) is 20.4 Å². The maximum absolute atomic E-state index is 6.15. The molecule has 1 N–H and O–H groups in total. The Bertz CT molecular complexity index is 696. The van der Waals surface area contributed by atoms with Crippen LogP contribution in [0.15, 0.2) is 55.2 Å². The van der Waals surface area contributed by atoms with Crippen LogP contribution < -0.4 is 5.32 Å². The first kappa shape index (κ1) is 12.6. The van der Waals surface area contributed by atoms with E-state index in [4.69, 9.17) is 11.6 Å². The number of nitrogens with one attached hydrogen (secondary N) is 1. The molecule has 0 atom stereocenters. The summed E-state index contributed by atoms with van der Waals surface area (Å²) >= 11 is 6.15. The number of pyridine rings is 1. The Kier molecular flexibility index (Phi) is 3.60. The Hall–Kier alpha value is -2.40. The highest BCUT2D eigenvalue weighted by Gasteiger charge is 2.06. The third-order valence-electron chi connectivity index (χ3n) is 2.85. The molecule has 20 heavy (non-hydrogen) atoms. The fraction of sp³-hybridized carbons (Fsp3) is 0.0714. The highest BCUT2D eigenvalue weighted by molar-refractivity contribution is 6.31. The third-order valence-corrected chi connectivity index (χ3v) is 3.22. The molecule has 0 saturated carbocycles. The molecule has 6 heteroatoms. The van der Waals surface area contributed by atoms with Crippen molar-refractivity contribution in [2.45, 2.75) is 6.54 Å². The predicted octanol–water partition coefficient (Wildman–Crippen LogP) is 2.93. The molecule has 0 amide bonds. The van der Waals surface area contributed by atoms with Gasteiger partial charge in [0.25, 0.3) is 0 Å². The quantitative estimate of drug-likeness (QED) is 0.801. The Morgan fingerprint density at radius 1 is 1.15 bits per heavy atom. The maximum Gasteiger partial charge on any atom is 0.178 e. The highest BCUT2D eigenvalue weighted by atomic mass is 35.5. The van der Waals surface area contributed by atoms with Gasteiger partial charge in [-0.1, -0.05) is 29.8 Å². The molecule has 0 saturated heterocycles. The van der Waals surface area contributed by atoms with Crippen LogP contribution in [0.25, 0.3) is 5.82 Å². The summed E-state index contributed by atoms with van der Waals surface area (Å²) in [5, 5.41) is 8.16. The summed E-state index contributed by atoms with van der Waals surface area (Å²) in [6.07, 6.45) is 4.81. The molecule has 3 rings (SSSR count). The van der Waals surface area contributed by atoms with Crippen molar-refractivity contribution < 1.29 is 0 Å². The molecule has 0 aliphatic carbocycles. The smallest absolute Gasteiger partial charge is 0.178 e. The summed E-state index contributed by atoms with van der Waals surface area (Å²) in [6, 6.07) is 11.6. The van der Waals surface area contributed by atoms with E-state index in [1.54, 1.807) is 17.2 Å². The zero-order chi connectivity index (χ0) is 13.8. The lowest BCUT2D eigenvalue weighted by Crippen LogP contribution is -2.06. The standard InChI is InChI=1S/C14H12ClN5/c15-12-5-2-1-4-11(12)8-18-13-6-3-7-17-14(13)20-10-16-9-19-20/h1-7,9-10,18H,8H2. The lowest BCUT2D eigenvalue weighted by atomic mass is 10.2. The molecule has 3 aromatic rings. The number of anilines is 1. The second kappa shape index (κ2) is 5.71. The van der Waals surface area contributed by atoms with E-state index in [1.165, 1.54) is 6.33 Å². The molecule has 2 heterocycles.